The van der Waals surface area contributed by atoms with Crippen LogP contribution in [0.5, 0.6) is 0 Å². The molecule has 1 aliphatic carbocycles. The molecule has 0 amide bonds. The Bertz CT molecular complexity index is 576. The summed E-state index contributed by atoms with van der Waals surface area (Å²) in [5.41, 5.74) is 1.05. The zero-order valence-corrected chi connectivity index (χ0v) is 13.1. The van der Waals surface area contributed by atoms with Gasteiger partial charge in [-0.3, -0.25) is 4.68 Å². The highest BCUT2D eigenvalue weighted by Gasteiger charge is 2.31. The van der Waals surface area contributed by atoms with Crippen LogP contribution in [-0.4, -0.2) is 36.0 Å². The lowest BCUT2D eigenvalue weighted by Gasteiger charge is -2.31. The zero-order chi connectivity index (χ0) is 14.9. The summed E-state index contributed by atoms with van der Waals surface area (Å²) >= 11 is 0. The minimum Gasteiger partial charge on any atom is -0.394 e. The van der Waals surface area contributed by atoms with E-state index in [9.17, 15) is 8.42 Å². The van der Waals surface area contributed by atoms with Crippen LogP contribution < -0.4 is 4.72 Å². The molecule has 20 heavy (non-hydrogen) atoms. The molecule has 1 unspecified atom stereocenters. The number of aromatic nitrogens is 2. The Morgan fingerprint density at radius 2 is 2.10 bits per heavy atom. The molecule has 1 atom stereocenters. The third-order valence-electron chi connectivity index (χ3n) is 4.09. The average Bonchev–Trinajstić information content (AvgIpc) is 2.51. The van der Waals surface area contributed by atoms with Gasteiger partial charge in [0.05, 0.1) is 24.5 Å². The summed E-state index contributed by atoms with van der Waals surface area (Å²) in [6.07, 6.45) is 3.36. The Morgan fingerprint density at radius 1 is 1.45 bits per heavy atom. The molecule has 0 bridgehead atoms. The Kier molecular flexibility index (Phi) is 4.51. The summed E-state index contributed by atoms with van der Waals surface area (Å²) in [4.78, 5) is 0.247. The van der Waals surface area contributed by atoms with Gasteiger partial charge < -0.3 is 5.11 Å². The zero-order valence-electron chi connectivity index (χ0n) is 12.3. The van der Waals surface area contributed by atoms with Gasteiger partial charge in [-0.15, -0.1) is 0 Å². The molecule has 2 N–H and O–H groups in total. The second kappa shape index (κ2) is 5.83. The van der Waals surface area contributed by atoms with Crippen molar-refractivity contribution in [3.05, 3.63) is 11.4 Å². The number of nitrogens with one attached hydrogen (secondary N) is 1. The SMILES string of the molecule is Cc1nn(CCO)c(C)c1S(=O)(=O)NC(C)C1CCC1. The number of aliphatic hydroxyl groups is 1. The van der Waals surface area contributed by atoms with E-state index in [1.807, 2.05) is 6.92 Å². The van der Waals surface area contributed by atoms with Crippen LogP contribution in [-0.2, 0) is 16.6 Å². The summed E-state index contributed by atoms with van der Waals surface area (Å²) in [6, 6.07) is -0.0475. The first-order valence-electron chi connectivity index (χ1n) is 7.04. The topological polar surface area (TPSA) is 84.2 Å². The number of aliphatic hydroxyl groups excluding tert-OH is 1. The normalized spacial score (nSPS) is 18.0. The molecule has 0 aliphatic heterocycles. The van der Waals surface area contributed by atoms with Crippen LogP contribution in [0.15, 0.2) is 4.90 Å². The molecule has 1 aromatic rings. The fourth-order valence-corrected chi connectivity index (χ4v) is 4.45. The second-order valence-electron chi connectivity index (χ2n) is 5.55. The summed E-state index contributed by atoms with van der Waals surface area (Å²) in [7, 11) is -3.55. The quantitative estimate of drug-likeness (QED) is 0.819. The van der Waals surface area contributed by atoms with Gasteiger partial charge in [0.15, 0.2) is 0 Å². The molecule has 114 valence electrons. The lowest BCUT2D eigenvalue weighted by molar-refractivity contribution is 0.260. The number of aryl methyl sites for hydroxylation is 1. The van der Waals surface area contributed by atoms with Crippen molar-refractivity contribution >= 4 is 10.0 Å². The minimum absolute atomic E-state index is 0.0475. The number of rotatable bonds is 6. The van der Waals surface area contributed by atoms with Crippen LogP contribution in [0.25, 0.3) is 0 Å². The Labute approximate surface area is 120 Å². The summed E-state index contributed by atoms with van der Waals surface area (Å²) < 4.78 is 29.3. The van der Waals surface area contributed by atoms with Crippen molar-refractivity contribution in [1.82, 2.24) is 14.5 Å². The Balaban J connectivity index is 2.24. The van der Waals surface area contributed by atoms with Gasteiger partial charge in [-0.25, -0.2) is 13.1 Å². The highest BCUT2D eigenvalue weighted by molar-refractivity contribution is 7.89. The van der Waals surface area contributed by atoms with E-state index < -0.39 is 10.0 Å². The standard InChI is InChI=1S/C13H23N3O3S/c1-9(12-5-4-6-12)15-20(18,19)13-10(2)14-16(7-8-17)11(13)3/h9,12,15,17H,4-8H2,1-3H3. The van der Waals surface area contributed by atoms with Crippen LogP contribution in [0.2, 0.25) is 0 Å². The van der Waals surface area contributed by atoms with Crippen molar-refractivity contribution in [2.75, 3.05) is 6.61 Å². The molecule has 1 heterocycles. The molecule has 0 aromatic carbocycles. The van der Waals surface area contributed by atoms with Crippen LogP contribution in [0, 0.1) is 19.8 Å². The predicted octanol–water partition coefficient (Wildman–Crippen LogP) is 0.959. The van der Waals surface area contributed by atoms with E-state index in [2.05, 4.69) is 9.82 Å². The molecule has 1 aliphatic rings. The molecule has 6 nitrogen and oxygen atoms in total. The predicted molar refractivity (Wildman–Crippen MR) is 75.9 cm³/mol. The van der Waals surface area contributed by atoms with Crippen molar-refractivity contribution < 1.29 is 13.5 Å². The molecule has 0 saturated heterocycles. The van der Waals surface area contributed by atoms with Gasteiger partial charge in [0.2, 0.25) is 10.0 Å². The third kappa shape index (κ3) is 2.89. The Hall–Kier alpha value is -0.920. The number of hydrogen-bond donors (Lipinski definition) is 2. The van der Waals surface area contributed by atoms with Crippen LogP contribution in [0.1, 0.15) is 37.6 Å². The molecule has 1 saturated carbocycles. The third-order valence-corrected chi connectivity index (χ3v) is 5.90. The summed E-state index contributed by atoms with van der Waals surface area (Å²) in [6.45, 7) is 5.57. The smallest absolute Gasteiger partial charge is 0.244 e. The molecule has 1 fully saturated rings. The average molecular weight is 301 g/mol. The van der Waals surface area contributed by atoms with E-state index in [4.69, 9.17) is 5.11 Å². The first-order valence-corrected chi connectivity index (χ1v) is 8.52. The molecular weight excluding hydrogens is 278 g/mol. The first-order chi connectivity index (χ1) is 9.36. The molecular formula is C13H23N3O3S. The van der Waals surface area contributed by atoms with Gasteiger partial charge in [0, 0.05) is 6.04 Å². The lowest BCUT2D eigenvalue weighted by atomic mass is 9.81. The number of sulfonamides is 1. The van der Waals surface area contributed by atoms with Gasteiger partial charge in [-0.1, -0.05) is 6.42 Å². The second-order valence-corrected chi connectivity index (χ2v) is 7.20. The van der Waals surface area contributed by atoms with Crippen LogP contribution >= 0.6 is 0 Å². The van der Waals surface area contributed by atoms with E-state index in [1.165, 1.54) is 11.1 Å². The fraction of sp³-hybridized carbons (Fsp3) is 0.769. The van der Waals surface area contributed by atoms with Gasteiger partial charge in [-0.05, 0) is 39.5 Å². The number of nitrogens with zero attached hydrogens (tertiary/aromatic N) is 2. The largest absolute Gasteiger partial charge is 0.394 e. The van der Waals surface area contributed by atoms with Gasteiger partial charge in [-0.2, -0.15) is 5.10 Å². The maximum atomic E-state index is 12.5. The first kappa shape index (κ1) is 15.5. The molecule has 2 rings (SSSR count). The number of hydrogen-bond acceptors (Lipinski definition) is 4. The van der Waals surface area contributed by atoms with Crippen molar-refractivity contribution in [3.63, 3.8) is 0 Å². The Morgan fingerprint density at radius 3 is 2.60 bits per heavy atom. The highest BCUT2D eigenvalue weighted by Crippen LogP contribution is 2.30. The van der Waals surface area contributed by atoms with Crippen LogP contribution in [0.4, 0.5) is 0 Å². The van der Waals surface area contributed by atoms with E-state index in [1.54, 1.807) is 13.8 Å². The fourth-order valence-electron chi connectivity index (χ4n) is 2.72. The molecule has 0 spiro atoms. The van der Waals surface area contributed by atoms with Gasteiger partial charge in [0.1, 0.15) is 4.90 Å². The minimum atomic E-state index is -3.55. The van der Waals surface area contributed by atoms with Gasteiger partial charge in [0.25, 0.3) is 0 Å². The summed E-state index contributed by atoms with van der Waals surface area (Å²) in [5, 5.41) is 13.2. The van der Waals surface area contributed by atoms with E-state index in [0.29, 0.717) is 23.9 Å². The summed E-state index contributed by atoms with van der Waals surface area (Å²) in [5.74, 6) is 0.442. The highest BCUT2D eigenvalue weighted by atomic mass is 32.2. The molecule has 7 heteroatoms. The maximum Gasteiger partial charge on any atom is 0.244 e. The van der Waals surface area contributed by atoms with Crippen molar-refractivity contribution in [2.45, 2.75) is 57.5 Å². The monoisotopic (exact) mass is 301 g/mol. The molecule has 1 aromatic heterocycles. The van der Waals surface area contributed by atoms with Crippen molar-refractivity contribution in [2.24, 2.45) is 5.92 Å². The van der Waals surface area contributed by atoms with Crippen molar-refractivity contribution in [3.8, 4) is 0 Å². The van der Waals surface area contributed by atoms with Crippen molar-refractivity contribution in [1.29, 1.82) is 0 Å². The van der Waals surface area contributed by atoms with E-state index >= 15 is 0 Å². The van der Waals surface area contributed by atoms with E-state index in [-0.39, 0.29) is 17.5 Å². The van der Waals surface area contributed by atoms with Gasteiger partial charge >= 0.3 is 0 Å². The lowest BCUT2D eigenvalue weighted by Crippen LogP contribution is -2.40. The van der Waals surface area contributed by atoms with E-state index in [0.717, 1.165) is 12.8 Å². The molecule has 0 radical (unpaired) electrons. The van der Waals surface area contributed by atoms with Crippen LogP contribution in [0.3, 0.4) is 0 Å². The maximum absolute atomic E-state index is 12.5.